The molecular formula is C34H38F3NO8. The Morgan fingerprint density at radius 3 is 2.46 bits per heavy atom. The summed E-state index contributed by atoms with van der Waals surface area (Å²) in [6, 6.07) is 11.9. The number of hydrogen-bond acceptors (Lipinski definition) is 8. The molecule has 12 heteroatoms. The molecule has 7 rings (SSSR count). The van der Waals surface area contributed by atoms with Crippen LogP contribution in [0.2, 0.25) is 0 Å². The molecule has 1 spiro atoms. The second kappa shape index (κ2) is 12.7. The van der Waals surface area contributed by atoms with Gasteiger partial charge in [0, 0.05) is 23.8 Å². The molecule has 1 aliphatic carbocycles. The van der Waals surface area contributed by atoms with Crippen LogP contribution in [0, 0.1) is 23.7 Å². The molecule has 1 N–H and O–H groups in total. The van der Waals surface area contributed by atoms with Gasteiger partial charge in [-0.05, 0) is 67.4 Å². The van der Waals surface area contributed by atoms with Crippen molar-refractivity contribution in [2.24, 2.45) is 23.7 Å². The van der Waals surface area contributed by atoms with Crippen LogP contribution in [0.5, 0.6) is 5.75 Å². The van der Waals surface area contributed by atoms with E-state index in [1.807, 2.05) is 6.92 Å². The summed E-state index contributed by atoms with van der Waals surface area (Å²) in [6.07, 6.45) is 0.491. The molecule has 248 valence electrons. The van der Waals surface area contributed by atoms with Crippen molar-refractivity contribution >= 4 is 17.8 Å². The molecule has 5 fully saturated rings. The molecule has 8 atom stereocenters. The molecule has 2 bridgehead atoms. The van der Waals surface area contributed by atoms with Crippen molar-refractivity contribution in [1.82, 2.24) is 5.32 Å². The zero-order valence-corrected chi connectivity index (χ0v) is 25.9. The fourth-order valence-electron chi connectivity index (χ4n) is 7.35. The van der Waals surface area contributed by atoms with E-state index in [-0.39, 0.29) is 48.4 Å². The third-order valence-corrected chi connectivity index (χ3v) is 9.74. The number of rotatable bonds is 9. The number of carbonyl (C=O) groups is 2. The highest BCUT2D eigenvalue weighted by Gasteiger charge is 2.69. The zero-order chi connectivity index (χ0) is 32.7. The van der Waals surface area contributed by atoms with Gasteiger partial charge < -0.3 is 24.3 Å². The molecule has 1 saturated carbocycles. The highest BCUT2D eigenvalue weighted by atomic mass is 19.4. The average molecular weight is 646 g/mol. The number of nitrogens with one attached hydrogen (secondary N) is 1. The molecular weight excluding hydrogens is 607 g/mol. The second-order valence-corrected chi connectivity index (χ2v) is 12.9. The lowest BCUT2D eigenvalue weighted by atomic mass is 9.58. The fourth-order valence-corrected chi connectivity index (χ4v) is 7.35. The van der Waals surface area contributed by atoms with Gasteiger partial charge in [0.25, 0.3) is 0 Å². The number of hydrogen-bond donors (Lipinski definition) is 1. The minimum Gasteiger partial charge on any atom is -0.406 e. The minimum absolute atomic E-state index is 0.0354. The third kappa shape index (κ3) is 6.72. The van der Waals surface area contributed by atoms with Crippen molar-refractivity contribution in [3.63, 3.8) is 0 Å². The Kier molecular flexibility index (Phi) is 9.03. The Balaban J connectivity index is 0.988. The van der Waals surface area contributed by atoms with Gasteiger partial charge >= 0.3 is 6.36 Å². The molecule has 1 amide bonds. The predicted octanol–water partition coefficient (Wildman–Crippen LogP) is 6.32. The summed E-state index contributed by atoms with van der Waals surface area (Å²) < 4.78 is 59.2. The maximum absolute atomic E-state index is 12.9. The van der Waals surface area contributed by atoms with Crippen LogP contribution >= 0.6 is 0 Å². The van der Waals surface area contributed by atoms with E-state index in [2.05, 4.69) is 23.9 Å². The summed E-state index contributed by atoms with van der Waals surface area (Å²) in [6.45, 7) is 6.16. The van der Waals surface area contributed by atoms with E-state index in [1.54, 1.807) is 24.3 Å². The molecule has 4 saturated heterocycles. The van der Waals surface area contributed by atoms with Gasteiger partial charge in [-0.1, -0.05) is 56.3 Å². The summed E-state index contributed by atoms with van der Waals surface area (Å²) in [5, 5.41) is 2.98. The molecule has 9 nitrogen and oxygen atoms in total. The SMILES string of the molecule is C[C@H]1[C@@H](NC(=O)COCc2ccc(C(=O)/C=C/c3ccc(OC(F)(F)F)cc3)cc2)O[C@@H]2O[C@@]3(C)CC[C@H]4[C@H](C)CC[C@@H]1[C@@]24OO3. The lowest BCUT2D eigenvalue weighted by Gasteiger charge is -2.60. The van der Waals surface area contributed by atoms with Crippen LogP contribution < -0.4 is 10.1 Å². The van der Waals surface area contributed by atoms with Gasteiger partial charge in [-0.3, -0.25) is 9.59 Å². The number of alkyl halides is 3. The van der Waals surface area contributed by atoms with Crippen molar-refractivity contribution in [2.45, 2.75) is 83.3 Å². The van der Waals surface area contributed by atoms with E-state index in [9.17, 15) is 22.8 Å². The van der Waals surface area contributed by atoms with Crippen molar-refractivity contribution in [3.8, 4) is 5.75 Å². The first kappa shape index (κ1) is 32.6. The van der Waals surface area contributed by atoms with Gasteiger partial charge in [0.05, 0.1) is 6.61 Å². The number of carbonyl (C=O) groups excluding carboxylic acids is 2. The first-order valence-corrected chi connectivity index (χ1v) is 15.6. The fraction of sp³-hybridized carbons (Fsp3) is 0.529. The normalized spacial score (nSPS) is 33.7. The summed E-state index contributed by atoms with van der Waals surface area (Å²) in [4.78, 5) is 37.5. The summed E-state index contributed by atoms with van der Waals surface area (Å²) in [7, 11) is 0. The first-order chi connectivity index (χ1) is 21.8. The molecule has 0 radical (unpaired) electrons. The monoisotopic (exact) mass is 645 g/mol. The molecule has 4 aliphatic heterocycles. The van der Waals surface area contributed by atoms with Crippen molar-refractivity contribution in [2.75, 3.05) is 6.61 Å². The van der Waals surface area contributed by atoms with E-state index in [0.717, 1.165) is 24.8 Å². The number of ether oxygens (including phenoxy) is 4. The Morgan fingerprint density at radius 1 is 1.00 bits per heavy atom. The highest BCUT2D eigenvalue weighted by molar-refractivity contribution is 6.06. The van der Waals surface area contributed by atoms with Gasteiger partial charge in [0.2, 0.25) is 11.7 Å². The Hall–Kier alpha value is -3.29. The molecule has 0 unspecified atom stereocenters. The second-order valence-electron chi connectivity index (χ2n) is 12.9. The molecule has 4 heterocycles. The van der Waals surface area contributed by atoms with Gasteiger partial charge in [0.1, 0.15) is 18.6 Å². The number of fused-ring (bicyclic) bond motifs is 2. The Morgan fingerprint density at radius 2 is 1.74 bits per heavy atom. The maximum atomic E-state index is 12.9. The topological polar surface area (TPSA) is 102 Å². The first-order valence-electron chi connectivity index (χ1n) is 15.6. The van der Waals surface area contributed by atoms with Crippen LogP contribution in [-0.2, 0) is 35.4 Å². The molecule has 2 aromatic carbocycles. The van der Waals surface area contributed by atoms with Crippen molar-refractivity contribution in [1.29, 1.82) is 0 Å². The van der Waals surface area contributed by atoms with Crippen LogP contribution in [0.4, 0.5) is 13.2 Å². The third-order valence-electron chi connectivity index (χ3n) is 9.74. The number of allylic oxidation sites excluding steroid dienone is 1. The number of ketones is 1. The van der Waals surface area contributed by atoms with Crippen molar-refractivity contribution < 1.29 is 51.5 Å². The predicted molar refractivity (Wildman–Crippen MR) is 158 cm³/mol. The summed E-state index contributed by atoms with van der Waals surface area (Å²) >= 11 is 0. The van der Waals surface area contributed by atoms with Crippen LogP contribution in [-0.4, -0.2) is 48.6 Å². The molecule has 5 aliphatic rings. The van der Waals surface area contributed by atoms with E-state index >= 15 is 0 Å². The van der Waals surface area contributed by atoms with Crippen LogP contribution in [0.25, 0.3) is 6.08 Å². The van der Waals surface area contributed by atoms with Gasteiger partial charge in [-0.25, -0.2) is 9.78 Å². The molecule has 46 heavy (non-hydrogen) atoms. The van der Waals surface area contributed by atoms with Gasteiger partial charge in [-0.15, -0.1) is 13.2 Å². The highest BCUT2D eigenvalue weighted by Crippen LogP contribution is 2.60. The van der Waals surface area contributed by atoms with E-state index in [1.165, 1.54) is 36.4 Å². The average Bonchev–Trinajstić information content (AvgIpc) is 3.24. The Labute approximate surface area is 265 Å². The molecule has 2 aromatic rings. The lowest BCUT2D eigenvalue weighted by Crippen LogP contribution is -2.72. The largest absolute Gasteiger partial charge is 0.573 e. The molecule has 0 aromatic heterocycles. The number of benzene rings is 2. The van der Waals surface area contributed by atoms with E-state index in [0.29, 0.717) is 23.5 Å². The van der Waals surface area contributed by atoms with E-state index in [4.69, 9.17) is 24.0 Å². The zero-order valence-electron chi connectivity index (χ0n) is 25.9. The van der Waals surface area contributed by atoms with Crippen LogP contribution in [0.3, 0.4) is 0 Å². The quantitative estimate of drug-likeness (QED) is 0.192. The van der Waals surface area contributed by atoms with Crippen LogP contribution in [0.15, 0.2) is 54.6 Å². The van der Waals surface area contributed by atoms with Gasteiger partial charge in [-0.2, -0.15) is 0 Å². The van der Waals surface area contributed by atoms with Crippen molar-refractivity contribution in [3.05, 3.63) is 71.3 Å². The lowest BCUT2D eigenvalue weighted by molar-refractivity contribution is -0.571. The van der Waals surface area contributed by atoms with Crippen LogP contribution in [0.1, 0.15) is 67.9 Å². The maximum Gasteiger partial charge on any atom is 0.573 e. The summed E-state index contributed by atoms with van der Waals surface area (Å²) in [5.41, 5.74) is 1.04. The Bertz CT molecular complexity index is 1450. The summed E-state index contributed by atoms with van der Waals surface area (Å²) in [5.74, 6) is -1.08. The smallest absolute Gasteiger partial charge is 0.406 e. The standard InChI is InChI=1S/C34H38F3NO8/c1-20-4-14-27-21(2)30(42-31-33(27)26(20)16-17-32(3,44-31)45-46-33)38-29(40)19-41-18-23-5-10-24(11-6-23)28(39)15-9-22-7-12-25(13-8-22)43-34(35,36)37/h5-13,15,20-21,26-27,30-31H,4,14,16-19H2,1-3H3,(H,38,40)/b15-9+/t20-,21-,26+,27+,30+,31-,32-,33-/m1/s1. The number of halogens is 3. The minimum atomic E-state index is -4.77. The van der Waals surface area contributed by atoms with E-state index < -0.39 is 30.3 Å². The van der Waals surface area contributed by atoms with Gasteiger partial charge in [0.15, 0.2) is 17.7 Å². The number of amides is 1.